The highest BCUT2D eigenvalue weighted by Gasteiger charge is 2.44. The Bertz CT molecular complexity index is 895. The molecular weight excluding hydrogens is 388 g/mol. The molecule has 0 radical (unpaired) electrons. The van der Waals surface area contributed by atoms with Crippen LogP contribution in [0.25, 0.3) is 0 Å². The van der Waals surface area contributed by atoms with Gasteiger partial charge >= 0.3 is 0 Å². The second-order valence-electron chi connectivity index (χ2n) is 9.07. The zero-order chi connectivity index (χ0) is 21.1. The number of fused-ring (bicyclic) bond motifs is 1. The normalized spacial score (nSPS) is 24.1. The Morgan fingerprint density at radius 3 is 2.48 bits per heavy atom. The summed E-state index contributed by atoms with van der Waals surface area (Å²) in [7, 11) is 0. The van der Waals surface area contributed by atoms with Crippen molar-refractivity contribution in [2.24, 2.45) is 0 Å². The maximum atomic E-state index is 12.9. The number of likely N-dealkylation sites (tertiary alicyclic amines) is 1. The Morgan fingerprint density at radius 1 is 0.935 bits per heavy atom. The van der Waals surface area contributed by atoms with Gasteiger partial charge in [-0.25, -0.2) is 0 Å². The molecule has 2 fully saturated rings. The van der Waals surface area contributed by atoms with E-state index in [9.17, 15) is 4.79 Å². The van der Waals surface area contributed by atoms with E-state index in [1.807, 2.05) is 24.3 Å². The average molecular weight is 421 g/mol. The molecule has 1 amide bonds. The van der Waals surface area contributed by atoms with Crippen LogP contribution in [-0.4, -0.2) is 66.7 Å². The fourth-order valence-electron chi connectivity index (χ4n) is 5.08. The highest BCUT2D eigenvalue weighted by molar-refractivity contribution is 6.06. The van der Waals surface area contributed by atoms with Crippen LogP contribution in [0.3, 0.4) is 0 Å². The topological polar surface area (TPSA) is 56.8 Å². The highest BCUT2D eigenvalue weighted by Crippen LogP contribution is 2.36. The van der Waals surface area contributed by atoms with E-state index in [0.29, 0.717) is 0 Å². The summed E-state index contributed by atoms with van der Waals surface area (Å²) in [5.74, 6) is 0.102. The SMILES string of the molecule is O=C1Nc2ccccc2NC12CCN(CC1CN(Cc3ccccc3)CCCO1)CC2. The van der Waals surface area contributed by atoms with Crippen LogP contribution >= 0.6 is 0 Å². The largest absolute Gasteiger partial charge is 0.376 e. The molecule has 0 bridgehead atoms. The first-order valence-electron chi connectivity index (χ1n) is 11.5. The summed E-state index contributed by atoms with van der Waals surface area (Å²) in [5.41, 5.74) is 2.77. The fourth-order valence-corrected chi connectivity index (χ4v) is 5.08. The van der Waals surface area contributed by atoms with Gasteiger partial charge in [0.2, 0.25) is 5.91 Å². The van der Waals surface area contributed by atoms with E-state index in [1.165, 1.54) is 5.56 Å². The average Bonchev–Trinajstić information content (AvgIpc) is 3.01. The third-order valence-corrected chi connectivity index (χ3v) is 6.84. The monoisotopic (exact) mass is 420 g/mol. The number of anilines is 2. The van der Waals surface area contributed by atoms with Gasteiger partial charge in [-0.1, -0.05) is 42.5 Å². The van der Waals surface area contributed by atoms with Gasteiger partial charge in [-0.2, -0.15) is 0 Å². The minimum absolute atomic E-state index is 0.102. The van der Waals surface area contributed by atoms with Crippen LogP contribution in [0.15, 0.2) is 54.6 Å². The molecule has 3 aliphatic heterocycles. The molecule has 3 heterocycles. The number of ether oxygens (including phenoxy) is 1. The van der Waals surface area contributed by atoms with Gasteiger partial charge in [0.15, 0.2) is 0 Å². The summed E-state index contributed by atoms with van der Waals surface area (Å²) in [6.45, 7) is 6.59. The highest BCUT2D eigenvalue weighted by atomic mass is 16.5. The third-order valence-electron chi connectivity index (χ3n) is 6.84. The molecule has 6 heteroatoms. The molecule has 164 valence electrons. The van der Waals surface area contributed by atoms with Crippen molar-refractivity contribution in [3.8, 4) is 0 Å². The molecule has 6 nitrogen and oxygen atoms in total. The van der Waals surface area contributed by atoms with Crippen LogP contribution in [0.2, 0.25) is 0 Å². The van der Waals surface area contributed by atoms with E-state index in [4.69, 9.17) is 4.74 Å². The molecule has 5 rings (SSSR count). The van der Waals surface area contributed by atoms with E-state index in [2.05, 4.69) is 50.8 Å². The lowest BCUT2D eigenvalue weighted by molar-refractivity contribution is -0.122. The van der Waals surface area contributed by atoms with Crippen molar-refractivity contribution >= 4 is 17.3 Å². The fraction of sp³-hybridized carbons (Fsp3) is 0.480. The first-order valence-corrected chi connectivity index (χ1v) is 11.5. The quantitative estimate of drug-likeness (QED) is 0.796. The molecule has 3 aliphatic rings. The van der Waals surface area contributed by atoms with Crippen molar-refractivity contribution in [2.75, 3.05) is 50.0 Å². The maximum Gasteiger partial charge on any atom is 0.250 e. The number of benzene rings is 2. The summed E-state index contributed by atoms with van der Waals surface area (Å²) in [6.07, 6.45) is 2.92. The van der Waals surface area contributed by atoms with Gasteiger partial charge in [0, 0.05) is 45.9 Å². The van der Waals surface area contributed by atoms with Gasteiger partial charge in [-0.15, -0.1) is 0 Å². The number of carbonyl (C=O) groups is 1. The van der Waals surface area contributed by atoms with Gasteiger partial charge < -0.3 is 20.3 Å². The van der Waals surface area contributed by atoms with Crippen molar-refractivity contribution in [3.63, 3.8) is 0 Å². The molecule has 2 aromatic carbocycles. The van der Waals surface area contributed by atoms with Gasteiger partial charge in [0.05, 0.1) is 17.5 Å². The number of amides is 1. The van der Waals surface area contributed by atoms with E-state index >= 15 is 0 Å². The predicted octanol–water partition coefficient (Wildman–Crippen LogP) is 3.18. The summed E-state index contributed by atoms with van der Waals surface area (Å²) in [5, 5.41) is 6.66. The number of nitrogens with zero attached hydrogens (tertiary/aromatic N) is 2. The van der Waals surface area contributed by atoms with Crippen LogP contribution in [0.5, 0.6) is 0 Å². The van der Waals surface area contributed by atoms with Gasteiger partial charge in [-0.05, 0) is 37.0 Å². The van der Waals surface area contributed by atoms with Crippen molar-refractivity contribution in [3.05, 3.63) is 60.2 Å². The first kappa shape index (κ1) is 20.5. The third kappa shape index (κ3) is 4.61. The maximum absolute atomic E-state index is 12.9. The zero-order valence-corrected chi connectivity index (χ0v) is 18.1. The van der Waals surface area contributed by atoms with E-state index in [-0.39, 0.29) is 12.0 Å². The Kier molecular flexibility index (Phi) is 5.94. The molecule has 1 atom stereocenters. The minimum atomic E-state index is -0.492. The summed E-state index contributed by atoms with van der Waals surface area (Å²) in [6, 6.07) is 18.6. The Balaban J connectivity index is 1.17. The van der Waals surface area contributed by atoms with Crippen molar-refractivity contribution < 1.29 is 9.53 Å². The molecule has 2 aromatic rings. The Hall–Kier alpha value is -2.41. The van der Waals surface area contributed by atoms with Crippen LogP contribution < -0.4 is 10.6 Å². The van der Waals surface area contributed by atoms with Gasteiger partial charge in [0.25, 0.3) is 0 Å². The smallest absolute Gasteiger partial charge is 0.250 e. The molecule has 1 spiro atoms. The number of piperidine rings is 1. The lowest BCUT2D eigenvalue weighted by Gasteiger charge is -2.45. The van der Waals surface area contributed by atoms with E-state index in [1.54, 1.807) is 0 Å². The van der Waals surface area contributed by atoms with E-state index < -0.39 is 5.54 Å². The van der Waals surface area contributed by atoms with Crippen molar-refractivity contribution in [2.45, 2.75) is 37.5 Å². The van der Waals surface area contributed by atoms with Crippen molar-refractivity contribution in [1.82, 2.24) is 9.80 Å². The molecule has 31 heavy (non-hydrogen) atoms. The number of para-hydroxylation sites is 2. The van der Waals surface area contributed by atoms with Gasteiger partial charge in [-0.3, -0.25) is 9.69 Å². The minimum Gasteiger partial charge on any atom is -0.376 e. The number of carbonyl (C=O) groups excluding carboxylic acids is 1. The standard InChI is InChI=1S/C25H32N4O2/c30-24-25(27-23-10-5-4-9-22(23)26-24)11-14-28(15-12-25)18-21-19-29(13-6-16-31-21)17-20-7-2-1-3-8-20/h1-5,7-10,21,27H,6,11-19H2,(H,26,30). The first-order chi connectivity index (χ1) is 15.2. The molecule has 0 saturated carbocycles. The lowest BCUT2D eigenvalue weighted by atomic mass is 9.84. The molecule has 0 aliphatic carbocycles. The lowest BCUT2D eigenvalue weighted by Crippen LogP contribution is -2.59. The van der Waals surface area contributed by atoms with Gasteiger partial charge in [0.1, 0.15) is 5.54 Å². The number of nitrogens with one attached hydrogen (secondary N) is 2. The van der Waals surface area contributed by atoms with Crippen LogP contribution in [0.4, 0.5) is 11.4 Å². The second-order valence-corrected chi connectivity index (χ2v) is 9.07. The van der Waals surface area contributed by atoms with Crippen molar-refractivity contribution in [1.29, 1.82) is 0 Å². The molecule has 2 N–H and O–H groups in total. The summed E-state index contributed by atoms with van der Waals surface area (Å²) < 4.78 is 6.20. The molecular formula is C25H32N4O2. The van der Waals surface area contributed by atoms with E-state index in [0.717, 1.165) is 76.5 Å². The van der Waals surface area contributed by atoms with Crippen LogP contribution in [-0.2, 0) is 16.1 Å². The number of rotatable bonds is 4. The number of hydrogen-bond donors (Lipinski definition) is 2. The molecule has 1 unspecified atom stereocenters. The summed E-state index contributed by atoms with van der Waals surface area (Å²) >= 11 is 0. The second kappa shape index (κ2) is 8.99. The number of hydrogen-bond acceptors (Lipinski definition) is 5. The summed E-state index contributed by atoms with van der Waals surface area (Å²) in [4.78, 5) is 17.9. The molecule has 0 aromatic heterocycles. The zero-order valence-electron chi connectivity index (χ0n) is 18.1. The molecule has 2 saturated heterocycles. The Labute approximate surface area is 184 Å². The predicted molar refractivity (Wildman–Crippen MR) is 123 cm³/mol. The van der Waals surface area contributed by atoms with Crippen LogP contribution in [0.1, 0.15) is 24.8 Å². The Morgan fingerprint density at radius 2 is 1.68 bits per heavy atom. The van der Waals surface area contributed by atoms with Crippen LogP contribution in [0, 0.1) is 0 Å².